The van der Waals surface area contributed by atoms with Crippen molar-refractivity contribution in [3.05, 3.63) is 24.3 Å². The van der Waals surface area contributed by atoms with E-state index >= 15 is 0 Å². The molecule has 0 aromatic heterocycles. The summed E-state index contributed by atoms with van der Waals surface area (Å²) in [5.74, 6) is 1.08. The van der Waals surface area contributed by atoms with Gasteiger partial charge in [-0.15, -0.1) is 0 Å². The van der Waals surface area contributed by atoms with Crippen LogP contribution in [0.25, 0.3) is 0 Å². The van der Waals surface area contributed by atoms with Crippen LogP contribution < -0.4 is 10.1 Å². The molecule has 0 radical (unpaired) electrons. The molecular formula is C16H26N2O3. The van der Waals surface area contributed by atoms with Crippen molar-refractivity contribution in [3.8, 4) is 5.75 Å². The van der Waals surface area contributed by atoms with Gasteiger partial charge in [-0.05, 0) is 24.5 Å². The zero-order chi connectivity index (χ0) is 15.7. The van der Waals surface area contributed by atoms with Crippen LogP contribution in [0.3, 0.4) is 0 Å². The van der Waals surface area contributed by atoms with E-state index in [1.165, 1.54) is 0 Å². The Balaban J connectivity index is 2.74. The molecule has 1 aromatic carbocycles. The number of benzene rings is 1. The molecule has 118 valence electrons. The third kappa shape index (κ3) is 6.04. The minimum absolute atomic E-state index is 0.0427. The van der Waals surface area contributed by atoms with E-state index in [9.17, 15) is 4.79 Å². The van der Waals surface area contributed by atoms with Gasteiger partial charge in [-0.25, -0.2) is 4.79 Å². The Kier molecular flexibility index (Phi) is 7.61. The number of hydrogen-bond donors (Lipinski definition) is 2. The number of carbonyl (C=O) groups is 1. The molecule has 1 aromatic rings. The topological polar surface area (TPSA) is 61.8 Å². The van der Waals surface area contributed by atoms with Gasteiger partial charge in [0, 0.05) is 13.1 Å². The van der Waals surface area contributed by atoms with Crippen LogP contribution in [0, 0.1) is 5.92 Å². The van der Waals surface area contributed by atoms with Crippen molar-refractivity contribution >= 4 is 11.7 Å². The largest absolute Gasteiger partial charge is 0.491 e. The van der Waals surface area contributed by atoms with E-state index in [1.54, 1.807) is 4.90 Å². The lowest BCUT2D eigenvalue weighted by Crippen LogP contribution is -2.37. The van der Waals surface area contributed by atoms with Gasteiger partial charge in [0.1, 0.15) is 5.75 Å². The first-order chi connectivity index (χ1) is 10.1. The molecule has 0 fully saturated rings. The van der Waals surface area contributed by atoms with Crippen LogP contribution in [0.5, 0.6) is 5.75 Å². The molecule has 0 aliphatic rings. The monoisotopic (exact) mass is 294 g/mol. The quantitative estimate of drug-likeness (QED) is 0.775. The molecule has 0 heterocycles. The molecule has 0 bridgehead atoms. The Morgan fingerprint density at radius 1 is 1.33 bits per heavy atom. The van der Waals surface area contributed by atoms with Gasteiger partial charge >= 0.3 is 6.03 Å². The first-order valence-corrected chi connectivity index (χ1v) is 7.47. The second kappa shape index (κ2) is 9.23. The number of para-hydroxylation sites is 2. The highest BCUT2D eigenvalue weighted by molar-refractivity contribution is 5.91. The summed E-state index contributed by atoms with van der Waals surface area (Å²) >= 11 is 0. The molecule has 0 aliphatic heterocycles. The van der Waals surface area contributed by atoms with Crippen LogP contribution in [0.15, 0.2) is 24.3 Å². The fourth-order valence-electron chi connectivity index (χ4n) is 1.85. The van der Waals surface area contributed by atoms with Crippen molar-refractivity contribution in [2.75, 3.05) is 31.6 Å². The fourth-order valence-corrected chi connectivity index (χ4v) is 1.85. The highest BCUT2D eigenvalue weighted by atomic mass is 16.5. The number of rotatable bonds is 8. The van der Waals surface area contributed by atoms with Crippen molar-refractivity contribution in [2.24, 2.45) is 5.92 Å². The molecule has 0 saturated carbocycles. The maximum atomic E-state index is 12.2. The van der Waals surface area contributed by atoms with Gasteiger partial charge in [-0.3, -0.25) is 0 Å². The van der Waals surface area contributed by atoms with Gasteiger partial charge in [0.25, 0.3) is 0 Å². The second-order valence-electron chi connectivity index (χ2n) is 5.34. The van der Waals surface area contributed by atoms with Gasteiger partial charge in [0.15, 0.2) is 0 Å². The van der Waals surface area contributed by atoms with Gasteiger partial charge < -0.3 is 20.1 Å². The average Bonchev–Trinajstić information content (AvgIpc) is 2.46. The van der Waals surface area contributed by atoms with E-state index in [0.717, 1.165) is 6.42 Å². The maximum absolute atomic E-state index is 12.2. The first-order valence-electron chi connectivity index (χ1n) is 7.47. The lowest BCUT2D eigenvalue weighted by Gasteiger charge is -2.22. The fraction of sp³-hybridized carbons (Fsp3) is 0.562. The summed E-state index contributed by atoms with van der Waals surface area (Å²) in [6.45, 7) is 7.64. The predicted octanol–water partition coefficient (Wildman–Crippen LogP) is 2.96. The van der Waals surface area contributed by atoms with Gasteiger partial charge in [-0.2, -0.15) is 0 Å². The molecule has 0 saturated heterocycles. The number of aliphatic hydroxyl groups excluding tert-OH is 1. The third-order valence-corrected chi connectivity index (χ3v) is 2.85. The maximum Gasteiger partial charge on any atom is 0.322 e. The summed E-state index contributed by atoms with van der Waals surface area (Å²) in [6.07, 6.45) is 0.846. The zero-order valence-electron chi connectivity index (χ0n) is 13.1. The van der Waals surface area contributed by atoms with Crippen molar-refractivity contribution < 1.29 is 14.6 Å². The number of urea groups is 1. The molecule has 1 rings (SSSR count). The van der Waals surface area contributed by atoms with E-state index in [-0.39, 0.29) is 12.6 Å². The summed E-state index contributed by atoms with van der Waals surface area (Å²) < 4.78 is 5.72. The Bertz CT molecular complexity index is 429. The number of aliphatic hydroxyl groups is 1. The number of ether oxygens (including phenoxy) is 1. The molecule has 0 spiro atoms. The van der Waals surface area contributed by atoms with Gasteiger partial charge in [0.2, 0.25) is 0 Å². The summed E-state index contributed by atoms with van der Waals surface area (Å²) in [5.41, 5.74) is 0.655. The number of amides is 2. The van der Waals surface area contributed by atoms with E-state index in [2.05, 4.69) is 19.2 Å². The van der Waals surface area contributed by atoms with Crippen LogP contribution in [-0.4, -0.2) is 42.3 Å². The molecule has 21 heavy (non-hydrogen) atoms. The zero-order valence-corrected chi connectivity index (χ0v) is 13.1. The summed E-state index contributed by atoms with van der Waals surface area (Å²) in [7, 11) is 0. The van der Waals surface area contributed by atoms with Crippen LogP contribution >= 0.6 is 0 Å². The SMILES string of the molecule is CCCN(CCO)C(=O)Nc1ccccc1OCC(C)C. The van der Waals surface area contributed by atoms with Crippen molar-refractivity contribution in [1.29, 1.82) is 0 Å². The second-order valence-corrected chi connectivity index (χ2v) is 5.34. The Hall–Kier alpha value is -1.75. The smallest absolute Gasteiger partial charge is 0.322 e. The molecule has 0 aliphatic carbocycles. The van der Waals surface area contributed by atoms with E-state index in [4.69, 9.17) is 9.84 Å². The van der Waals surface area contributed by atoms with Crippen LogP contribution in [0.1, 0.15) is 27.2 Å². The summed E-state index contributed by atoms with van der Waals surface area (Å²) in [4.78, 5) is 13.8. The number of anilines is 1. The Labute approximate surface area is 126 Å². The highest BCUT2D eigenvalue weighted by Crippen LogP contribution is 2.24. The van der Waals surface area contributed by atoms with Gasteiger partial charge in [-0.1, -0.05) is 32.9 Å². The number of carbonyl (C=O) groups excluding carboxylic acids is 1. The third-order valence-electron chi connectivity index (χ3n) is 2.85. The predicted molar refractivity (Wildman–Crippen MR) is 84.7 cm³/mol. The highest BCUT2D eigenvalue weighted by Gasteiger charge is 2.14. The number of nitrogens with zero attached hydrogens (tertiary/aromatic N) is 1. The van der Waals surface area contributed by atoms with E-state index < -0.39 is 0 Å². The molecule has 5 nitrogen and oxygen atoms in total. The minimum Gasteiger partial charge on any atom is -0.491 e. The van der Waals surface area contributed by atoms with E-state index in [1.807, 2.05) is 31.2 Å². The lowest BCUT2D eigenvalue weighted by molar-refractivity contribution is 0.188. The number of hydrogen-bond acceptors (Lipinski definition) is 3. The minimum atomic E-state index is -0.216. The lowest BCUT2D eigenvalue weighted by atomic mass is 10.2. The van der Waals surface area contributed by atoms with Crippen LogP contribution in [0.4, 0.5) is 10.5 Å². The Morgan fingerprint density at radius 2 is 2.05 bits per heavy atom. The standard InChI is InChI=1S/C16H26N2O3/c1-4-9-18(10-11-19)16(20)17-14-7-5-6-8-15(14)21-12-13(2)3/h5-8,13,19H,4,9-12H2,1-3H3,(H,17,20). The molecular weight excluding hydrogens is 268 g/mol. The van der Waals surface area contributed by atoms with Crippen molar-refractivity contribution in [1.82, 2.24) is 4.90 Å². The van der Waals surface area contributed by atoms with Crippen LogP contribution in [0.2, 0.25) is 0 Å². The summed E-state index contributed by atoms with van der Waals surface area (Å²) in [5, 5.41) is 11.9. The summed E-state index contributed by atoms with van der Waals surface area (Å²) in [6, 6.07) is 7.17. The molecule has 2 N–H and O–H groups in total. The first kappa shape index (κ1) is 17.3. The normalized spacial score (nSPS) is 10.5. The molecule has 2 amide bonds. The number of nitrogens with one attached hydrogen (secondary N) is 1. The molecule has 0 unspecified atom stereocenters. The molecule has 5 heteroatoms. The van der Waals surface area contributed by atoms with Crippen LogP contribution in [-0.2, 0) is 0 Å². The van der Waals surface area contributed by atoms with Crippen molar-refractivity contribution in [2.45, 2.75) is 27.2 Å². The van der Waals surface area contributed by atoms with Gasteiger partial charge in [0.05, 0.1) is 18.9 Å². The average molecular weight is 294 g/mol. The Morgan fingerprint density at radius 3 is 2.67 bits per heavy atom. The van der Waals surface area contributed by atoms with E-state index in [0.29, 0.717) is 37.1 Å². The molecule has 0 atom stereocenters. The van der Waals surface area contributed by atoms with Crippen molar-refractivity contribution in [3.63, 3.8) is 0 Å².